The predicted octanol–water partition coefficient (Wildman–Crippen LogP) is 3.31. The molecule has 0 saturated heterocycles. The topological polar surface area (TPSA) is 37.3 Å². The molecule has 94 valence electrons. The number of aliphatic hydroxyl groups excluding tert-OH is 1. The van der Waals surface area contributed by atoms with Gasteiger partial charge in [-0.25, -0.2) is 0 Å². The quantitative estimate of drug-likeness (QED) is 0.788. The van der Waals surface area contributed by atoms with Gasteiger partial charge in [0.1, 0.15) is 6.10 Å². The molecule has 0 aliphatic heterocycles. The van der Waals surface area contributed by atoms with Crippen LogP contribution in [0, 0.1) is 6.92 Å². The smallest absolute Gasteiger partial charge is 0.192 e. The highest BCUT2D eigenvalue weighted by Gasteiger charge is 2.32. The Labute approximate surface area is 112 Å². The molecular weight excluding hydrogens is 236 g/mol. The Morgan fingerprint density at radius 1 is 1.11 bits per heavy atom. The van der Waals surface area contributed by atoms with Crippen LogP contribution in [0.2, 0.25) is 0 Å². The van der Waals surface area contributed by atoms with Gasteiger partial charge in [-0.15, -0.1) is 0 Å². The molecule has 0 saturated carbocycles. The fourth-order valence-electron chi connectivity index (χ4n) is 2.43. The number of Topliss-reactive ketones (excluding diaryl/α,β-unsaturated/α-hetero) is 1. The molecule has 1 aliphatic rings. The normalized spacial score (nSPS) is 19.8. The number of aryl methyl sites for hydroxylation is 1. The van der Waals surface area contributed by atoms with Crippen LogP contribution in [0.15, 0.2) is 54.1 Å². The molecular formula is C17H14O2. The molecule has 0 heterocycles. The van der Waals surface area contributed by atoms with E-state index in [9.17, 15) is 9.90 Å². The minimum absolute atomic E-state index is 0.0740. The van der Waals surface area contributed by atoms with Gasteiger partial charge in [0.2, 0.25) is 0 Å². The zero-order chi connectivity index (χ0) is 13.4. The van der Waals surface area contributed by atoms with E-state index in [0.717, 1.165) is 11.1 Å². The summed E-state index contributed by atoms with van der Waals surface area (Å²) in [6, 6.07) is 15.2. The second kappa shape index (κ2) is 4.48. The molecule has 0 spiro atoms. The van der Waals surface area contributed by atoms with E-state index >= 15 is 0 Å². The number of carbonyl (C=O) groups is 1. The maximum absolute atomic E-state index is 12.3. The fourth-order valence-corrected chi connectivity index (χ4v) is 2.43. The first-order valence-corrected chi connectivity index (χ1v) is 6.27. The molecule has 2 heteroatoms. The number of hydrogen-bond donors (Lipinski definition) is 1. The molecule has 0 amide bonds. The van der Waals surface area contributed by atoms with Crippen molar-refractivity contribution in [3.05, 3.63) is 76.4 Å². The van der Waals surface area contributed by atoms with E-state index in [1.165, 1.54) is 0 Å². The first-order chi connectivity index (χ1) is 9.16. The molecule has 0 bridgehead atoms. The SMILES string of the molecule is Cc1ccc2c(c1)C(=O)/C(=C/c1ccccc1)[C@@H]2O. The Hall–Kier alpha value is -2.19. The Balaban J connectivity index is 2.08. The van der Waals surface area contributed by atoms with Gasteiger partial charge < -0.3 is 5.11 Å². The van der Waals surface area contributed by atoms with E-state index in [0.29, 0.717) is 16.7 Å². The van der Waals surface area contributed by atoms with E-state index in [-0.39, 0.29) is 5.78 Å². The molecule has 0 fully saturated rings. The molecule has 3 rings (SSSR count). The van der Waals surface area contributed by atoms with E-state index in [1.807, 2.05) is 55.5 Å². The van der Waals surface area contributed by atoms with Crippen molar-refractivity contribution in [3.63, 3.8) is 0 Å². The lowest BCUT2D eigenvalue weighted by atomic mass is 10.1. The average molecular weight is 250 g/mol. The molecule has 2 nitrogen and oxygen atoms in total. The van der Waals surface area contributed by atoms with Crippen molar-refractivity contribution in [3.8, 4) is 0 Å². The second-order valence-electron chi connectivity index (χ2n) is 4.83. The van der Waals surface area contributed by atoms with Crippen LogP contribution in [0.4, 0.5) is 0 Å². The maximum Gasteiger partial charge on any atom is 0.192 e. The fraction of sp³-hybridized carbons (Fsp3) is 0.118. The number of rotatable bonds is 1. The Bertz CT molecular complexity index is 669. The van der Waals surface area contributed by atoms with Crippen LogP contribution in [0.25, 0.3) is 6.08 Å². The largest absolute Gasteiger partial charge is 0.383 e. The Kier molecular flexibility index (Phi) is 2.80. The minimum Gasteiger partial charge on any atom is -0.383 e. The molecule has 0 aromatic heterocycles. The standard InChI is InChI=1S/C17H14O2/c1-11-7-8-13-14(9-11)17(19)15(16(13)18)10-12-5-3-2-4-6-12/h2-10,16,18H,1H3/b15-10+/t16-/m1/s1. The van der Waals surface area contributed by atoms with Crippen LogP contribution in [0.5, 0.6) is 0 Å². The summed E-state index contributed by atoms with van der Waals surface area (Å²) in [6.45, 7) is 1.94. The third kappa shape index (κ3) is 2.00. The highest BCUT2D eigenvalue weighted by molar-refractivity contribution is 6.16. The van der Waals surface area contributed by atoms with Crippen molar-refractivity contribution in [1.82, 2.24) is 0 Å². The summed E-state index contributed by atoms with van der Waals surface area (Å²) in [5.74, 6) is -0.0740. The number of aliphatic hydroxyl groups is 1. The third-order valence-electron chi connectivity index (χ3n) is 3.43. The van der Waals surface area contributed by atoms with Gasteiger partial charge in [-0.3, -0.25) is 4.79 Å². The van der Waals surface area contributed by atoms with E-state index in [4.69, 9.17) is 0 Å². The lowest BCUT2D eigenvalue weighted by Crippen LogP contribution is -1.99. The lowest BCUT2D eigenvalue weighted by molar-refractivity contribution is 0.102. The van der Waals surface area contributed by atoms with Gasteiger partial charge in [0.25, 0.3) is 0 Å². The van der Waals surface area contributed by atoms with Crippen LogP contribution in [0.1, 0.15) is 33.2 Å². The highest BCUT2D eigenvalue weighted by atomic mass is 16.3. The Morgan fingerprint density at radius 3 is 2.58 bits per heavy atom. The highest BCUT2D eigenvalue weighted by Crippen LogP contribution is 2.36. The van der Waals surface area contributed by atoms with Crippen LogP contribution in [-0.4, -0.2) is 10.9 Å². The summed E-state index contributed by atoms with van der Waals surface area (Å²) in [4.78, 5) is 12.3. The summed E-state index contributed by atoms with van der Waals surface area (Å²) in [7, 11) is 0. The first kappa shape index (κ1) is 11.9. The number of benzene rings is 2. The van der Waals surface area contributed by atoms with Gasteiger partial charge in [-0.2, -0.15) is 0 Å². The van der Waals surface area contributed by atoms with Crippen molar-refractivity contribution >= 4 is 11.9 Å². The van der Waals surface area contributed by atoms with Crippen molar-refractivity contribution in [2.24, 2.45) is 0 Å². The molecule has 2 aromatic rings. The van der Waals surface area contributed by atoms with E-state index < -0.39 is 6.10 Å². The molecule has 1 aliphatic carbocycles. The van der Waals surface area contributed by atoms with E-state index in [1.54, 1.807) is 6.08 Å². The summed E-state index contributed by atoms with van der Waals surface area (Å²) >= 11 is 0. The van der Waals surface area contributed by atoms with Gasteiger partial charge in [0.05, 0.1) is 0 Å². The summed E-state index contributed by atoms with van der Waals surface area (Å²) in [5, 5.41) is 10.3. The lowest BCUT2D eigenvalue weighted by Gasteiger charge is -2.04. The van der Waals surface area contributed by atoms with Gasteiger partial charge in [-0.05, 0) is 30.2 Å². The van der Waals surface area contributed by atoms with Crippen LogP contribution < -0.4 is 0 Å². The number of carbonyl (C=O) groups excluding carboxylic acids is 1. The monoisotopic (exact) mass is 250 g/mol. The summed E-state index contributed by atoms with van der Waals surface area (Å²) in [5.41, 5.74) is 3.73. The van der Waals surface area contributed by atoms with E-state index in [2.05, 4.69) is 0 Å². The van der Waals surface area contributed by atoms with Gasteiger partial charge in [0.15, 0.2) is 5.78 Å². The van der Waals surface area contributed by atoms with Gasteiger partial charge in [-0.1, -0.05) is 48.0 Å². The summed E-state index contributed by atoms with van der Waals surface area (Å²) in [6.07, 6.45) is 0.950. The molecule has 19 heavy (non-hydrogen) atoms. The molecule has 2 aromatic carbocycles. The van der Waals surface area contributed by atoms with Crippen molar-refractivity contribution in [2.45, 2.75) is 13.0 Å². The van der Waals surface area contributed by atoms with Crippen LogP contribution >= 0.6 is 0 Å². The number of hydrogen-bond acceptors (Lipinski definition) is 2. The molecule has 1 atom stereocenters. The Morgan fingerprint density at radius 2 is 1.84 bits per heavy atom. The average Bonchev–Trinajstić information content (AvgIpc) is 2.65. The van der Waals surface area contributed by atoms with Crippen LogP contribution in [-0.2, 0) is 0 Å². The first-order valence-electron chi connectivity index (χ1n) is 6.27. The number of fused-ring (bicyclic) bond motifs is 1. The molecule has 0 radical (unpaired) electrons. The molecule has 1 N–H and O–H groups in total. The molecule has 0 unspecified atom stereocenters. The minimum atomic E-state index is -0.816. The maximum atomic E-state index is 12.3. The number of ketones is 1. The second-order valence-corrected chi connectivity index (χ2v) is 4.83. The van der Waals surface area contributed by atoms with Crippen molar-refractivity contribution in [2.75, 3.05) is 0 Å². The van der Waals surface area contributed by atoms with Crippen molar-refractivity contribution < 1.29 is 9.90 Å². The zero-order valence-corrected chi connectivity index (χ0v) is 10.6. The van der Waals surface area contributed by atoms with Gasteiger partial charge >= 0.3 is 0 Å². The zero-order valence-electron chi connectivity index (χ0n) is 10.6. The van der Waals surface area contributed by atoms with Crippen molar-refractivity contribution in [1.29, 1.82) is 0 Å². The third-order valence-corrected chi connectivity index (χ3v) is 3.43. The summed E-state index contributed by atoms with van der Waals surface area (Å²) < 4.78 is 0. The van der Waals surface area contributed by atoms with Gasteiger partial charge in [0, 0.05) is 11.1 Å². The predicted molar refractivity (Wildman–Crippen MR) is 74.9 cm³/mol. The van der Waals surface area contributed by atoms with Crippen LogP contribution in [0.3, 0.4) is 0 Å².